The van der Waals surface area contributed by atoms with Crippen LogP contribution in [0, 0.1) is 0 Å². The average molecular weight is 416 g/mol. The van der Waals surface area contributed by atoms with Crippen molar-refractivity contribution in [1.82, 2.24) is 10.3 Å². The summed E-state index contributed by atoms with van der Waals surface area (Å²) in [4.78, 5) is 30.4. The second kappa shape index (κ2) is 8.87. The quantitative estimate of drug-likeness (QED) is 0.642. The van der Waals surface area contributed by atoms with Gasteiger partial charge in [-0.25, -0.2) is 0 Å². The van der Waals surface area contributed by atoms with Gasteiger partial charge in [-0.05, 0) is 48.9 Å². The number of fused-ring (bicyclic) bond motifs is 1. The Labute approximate surface area is 181 Å². The van der Waals surface area contributed by atoms with Crippen LogP contribution in [0.4, 0.5) is 11.4 Å². The molecule has 1 aliphatic heterocycles. The van der Waals surface area contributed by atoms with Crippen LogP contribution in [0.15, 0.2) is 67.0 Å². The van der Waals surface area contributed by atoms with E-state index in [0.717, 1.165) is 22.6 Å². The summed E-state index contributed by atoms with van der Waals surface area (Å²) in [6.45, 7) is 2.68. The highest BCUT2D eigenvalue weighted by Gasteiger charge is 2.21. The molecule has 7 nitrogen and oxygen atoms in total. The van der Waals surface area contributed by atoms with E-state index in [-0.39, 0.29) is 17.9 Å². The van der Waals surface area contributed by atoms with Crippen molar-refractivity contribution in [2.24, 2.45) is 0 Å². The number of anilines is 2. The van der Waals surface area contributed by atoms with E-state index in [2.05, 4.69) is 15.6 Å². The second-order valence-electron chi connectivity index (χ2n) is 7.55. The molecule has 1 aliphatic rings. The van der Waals surface area contributed by atoms with Gasteiger partial charge in [0.05, 0.1) is 24.0 Å². The van der Waals surface area contributed by atoms with Crippen LogP contribution in [0.25, 0.3) is 0 Å². The molecule has 0 radical (unpaired) electrons. The van der Waals surface area contributed by atoms with E-state index in [4.69, 9.17) is 4.74 Å². The van der Waals surface area contributed by atoms with Gasteiger partial charge in [0.2, 0.25) is 5.91 Å². The van der Waals surface area contributed by atoms with E-state index in [1.807, 2.05) is 61.3 Å². The minimum absolute atomic E-state index is 0.0910. The van der Waals surface area contributed by atoms with Crippen molar-refractivity contribution < 1.29 is 14.3 Å². The zero-order valence-electron chi connectivity index (χ0n) is 17.5. The number of hydrogen-bond acceptors (Lipinski definition) is 5. The van der Waals surface area contributed by atoms with Crippen LogP contribution in [0.1, 0.15) is 34.5 Å². The Balaban J connectivity index is 1.37. The van der Waals surface area contributed by atoms with E-state index < -0.39 is 0 Å². The second-order valence-corrected chi connectivity index (χ2v) is 7.55. The number of nitrogens with zero attached hydrogens (tertiary/aromatic N) is 2. The highest BCUT2D eigenvalue weighted by atomic mass is 16.5. The summed E-state index contributed by atoms with van der Waals surface area (Å²) in [5, 5.41) is 5.83. The Morgan fingerprint density at radius 1 is 1.23 bits per heavy atom. The normalized spacial score (nSPS) is 13.7. The number of carbonyl (C=O) groups excluding carboxylic acids is 2. The first-order valence-electron chi connectivity index (χ1n) is 10.1. The Bertz CT molecular complexity index is 1080. The maximum absolute atomic E-state index is 12.7. The molecule has 0 saturated heterocycles. The van der Waals surface area contributed by atoms with Crippen molar-refractivity contribution in [2.75, 3.05) is 23.8 Å². The third-order valence-electron chi connectivity index (χ3n) is 5.18. The lowest BCUT2D eigenvalue weighted by Gasteiger charge is -2.27. The number of likely N-dealkylation sites (N-methyl/N-ethyl adjacent to an activating group) is 1. The molecule has 1 atom stereocenters. The minimum atomic E-state index is -0.199. The highest BCUT2D eigenvalue weighted by Crippen LogP contribution is 2.29. The fourth-order valence-electron chi connectivity index (χ4n) is 3.47. The summed E-state index contributed by atoms with van der Waals surface area (Å²) < 4.78 is 5.78. The SMILES string of the molecule is CC(NC(=O)c1ccc2c(c1)NC(=O)CN2C)c1ccc(OCc2cccnc2)cc1. The van der Waals surface area contributed by atoms with Crippen molar-refractivity contribution in [3.8, 4) is 5.75 Å². The minimum Gasteiger partial charge on any atom is -0.489 e. The molecule has 1 aromatic heterocycles. The Kier molecular flexibility index (Phi) is 5.84. The van der Waals surface area contributed by atoms with Crippen LogP contribution < -0.4 is 20.3 Å². The molecule has 1 unspecified atom stereocenters. The van der Waals surface area contributed by atoms with Gasteiger partial charge in [0.25, 0.3) is 5.91 Å². The van der Waals surface area contributed by atoms with E-state index in [9.17, 15) is 9.59 Å². The molecular weight excluding hydrogens is 392 g/mol. The number of hydrogen-bond donors (Lipinski definition) is 2. The largest absolute Gasteiger partial charge is 0.489 e. The molecule has 7 heteroatoms. The number of benzene rings is 2. The molecule has 158 valence electrons. The van der Waals surface area contributed by atoms with E-state index in [1.165, 1.54) is 0 Å². The Hall–Kier alpha value is -3.87. The summed E-state index contributed by atoms with van der Waals surface area (Å²) in [5.41, 5.74) is 4.01. The molecular formula is C24H24N4O3. The molecule has 0 saturated carbocycles. The van der Waals surface area contributed by atoms with Gasteiger partial charge in [-0.15, -0.1) is 0 Å². The lowest BCUT2D eigenvalue weighted by Crippen LogP contribution is -2.35. The smallest absolute Gasteiger partial charge is 0.251 e. The van der Waals surface area contributed by atoms with Crippen LogP contribution in [0.5, 0.6) is 5.75 Å². The monoisotopic (exact) mass is 416 g/mol. The van der Waals surface area contributed by atoms with Crippen molar-refractivity contribution >= 4 is 23.2 Å². The fourth-order valence-corrected chi connectivity index (χ4v) is 3.47. The van der Waals surface area contributed by atoms with Crippen molar-refractivity contribution in [2.45, 2.75) is 19.6 Å². The van der Waals surface area contributed by atoms with Crippen LogP contribution in [-0.4, -0.2) is 30.4 Å². The molecule has 4 rings (SSSR count). The first-order valence-corrected chi connectivity index (χ1v) is 10.1. The molecule has 2 amide bonds. The average Bonchev–Trinajstić information content (AvgIpc) is 2.78. The van der Waals surface area contributed by atoms with E-state index in [0.29, 0.717) is 24.4 Å². The standard InChI is InChI=1S/C24H24N4O3/c1-16(18-5-8-20(9-6-18)31-15-17-4-3-11-25-13-17)26-24(30)19-7-10-22-21(12-19)27-23(29)14-28(22)2/h3-13,16H,14-15H2,1-2H3,(H,26,30)(H,27,29). The fraction of sp³-hybridized carbons (Fsp3) is 0.208. The zero-order chi connectivity index (χ0) is 21.8. The number of carbonyl (C=O) groups is 2. The summed E-state index contributed by atoms with van der Waals surface area (Å²) >= 11 is 0. The number of aromatic nitrogens is 1. The number of nitrogens with one attached hydrogen (secondary N) is 2. The van der Waals surface area contributed by atoms with Gasteiger partial charge in [0.1, 0.15) is 12.4 Å². The van der Waals surface area contributed by atoms with E-state index in [1.54, 1.807) is 24.5 Å². The molecule has 0 fully saturated rings. The molecule has 0 aliphatic carbocycles. The maximum atomic E-state index is 12.7. The first-order chi connectivity index (χ1) is 15.0. The lowest BCUT2D eigenvalue weighted by atomic mass is 10.1. The number of pyridine rings is 1. The van der Waals surface area contributed by atoms with Crippen molar-refractivity contribution in [3.63, 3.8) is 0 Å². The summed E-state index contributed by atoms with van der Waals surface area (Å²) in [5.74, 6) is 0.460. The Morgan fingerprint density at radius 2 is 2.03 bits per heavy atom. The third-order valence-corrected chi connectivity index (χ3v) is 5.18. The molecule has 2 aromatic carbocycles. The van der Waals surface area contributed by atoms with Crippen LogP contribution in [0.3, 0.4) is 0 Å². The Morgan fingerprint density at radius 3 is 2.77 bits per heavy atom. The van der Waals surface area contributed by atoms with Crippen molar-refractivity contribution in [1.29, 1.82) is 0 Å². The van der Waals surface area contributed by atoms with Crippen molar-refractivity contribution in [3.05, 3.63) is 83.7 Å². The first kappa shape index (κ1) is 20.4. The molecule has 2 N–H and O–H groups in total. The van der Waals surface area contributed by atoms with Gasteiger partial charge in [0.15, 0.2) is 0 Å². The number of rotatable bonds is 6. The molecule has 0 spiro atoms. The van der Waals surface area contributed by atoms with Crippen LogP contribution in [-0.2, 0) is 11.4 Å². The van der Waals surface area contributed by atoms with Gasteiger partial charge in [-0.3, -0.25) is 14.6 Å². The van der Waals surface area contributed by atoms with Gasteiger partial charge in [0, 0.05) is 30.6 Å². The molecule has 2 heterocycles. The van der Waals surface area contributed by atoms with E-state index >= 15 is 0 Å². The predicted molar refractivity (Wildman–Crippen MR) is 119 cm³/mol. The lowest BCUT2D eigenvalue weighted by molar-refractivity contribution is -0.115. The number of ether oxygens (including phenoxy) is 1. The summed E-state index contributed by atoms with van der Waals surface area (Å²) in [6, 6.07) is 16.6. The summed E-state index contributed by atoms with van der Waals surface area (Å²) in [6.07, 6.45) is 3.50. The van der Waals surface area contributed by atoms with Gasteiger partial charge in [-0.2, -0.15) is 0 Å². The molecule has 31 heavy (non-hydrogen) atoms. The van der Waals surface area contributed by atoms with Gasteiger partial charge < -0.3 is 20.3 Å². The number of amides is 2. The van der Waals surface area contributed by atoms with Gasteiger partial charge >= 0.3 is 0 Å². The topological polar surface area (TPSA) is 83.6 Å². The maximum Gasteiger partial charge on any atom is 0.251 e. The summed E-state index contributed by atoms with van der Waals surface area (Å²) in [7, 11) is 1.85. The van der Waals surface area contributed by atoms with Crippen LogP contribution in [0.2, 0.25) is 0 Å². The van der Waals surface area contributed by atoms with Gasteiger partial charge in [-0.1, -0.05) is 18.2 Å². The zero-order valence-corrected chi connectivity index (χ0v) is 17.5. The predicted octanol–water partition coefficient (Wildman–Crippen LogP) is 3.54. The molecule has 0 bridgehead atoms. The highest BCUT2D eigenvalue weighted by molar-refractivity contribution is 6.04. The van der Waals surface area contributed by atoms with Crippen LogP contribution >= 0.6 is 0 Å². The third kappa shape index (κ3) is 4.83. The molecule has 3 aromatic rings.